The number of likely N-dealkylation sites (N-methyl/N-ethyl adjacent to an activating group) is 1. The van der Waals surface area contributed by atoms with Gasteiger partial charge < -0.3 is 33.6 Å². The van der Waals surface area contributed by atoms with Crippen LogP contribution in [-0.4, -0.2) is 209 Å². The minimum atomic E-state index is -0.695. The lowest BCUT2D eigenvalue weighted by Crippen LogP contribution is -2.57. The lowest BCUT2D eigenvalue weighted by molar-refractivity contribution is -0.143. The summed E-state index contributed by atoms with van der Waals surface area (Å²) >= 11 is 0. The number of amides is 6. The van der Waals surface area contributed by atoms with E-state index in [0.29, 0.717) is 47.1 Å². The number of terminal acetylenes is 1. The highest BCUT2D eigenvalue weighted by molar-refractivity contribution is 6.03. The van der Waals surface area contributed by atoms with Crippen LogP contribution in [0.1, 0.15) is 103 Å². The minimum Gasteiger partial charge on any atom is -0.467 e. The number of fused-ring (bicyclic) bond motifs is 6. The number of carbonyl (C=O) groups is 5. The van der Waals surface area contributed by atoms with Gasteiger partial charge >= 0.3 is 18.1 Å². The van der Waals surface area contributed by atoms with Crippen LogP contribution >= 0.6 is 0 Å². The van der Waals surface area contributed by atoms with Gasteiger partial charge in [-0.15, -0.1) is 6.42 Å². The molecule has 22 heteroatoms. The van der Waals surface area contributed by atoms with Crippen LogP contribution in [0, 0.1) is 29.9 Å². The van der Waals surface area contributed by atoms with Crippen molar-refractivity contribution in [1.82, 2.24) is 49.7 Å². The first-order chi connectivity index (χ1) is 41.9. The molecule has 2 bridgehead atoms. The van der Waals surface area contributed by atoms with E-state index in [1.165, 1.54) is 51.6 Å². The van der Waals surface area contributed by atoms with Crippen LogP contribution < -0.4 is 15.0 Å². The predicted octanol–water partition coefficient (Wildman–Crippen LogP) is 7.66. The maximum absolute atomic E-state index is 16.3. The summed E-state index contributed by atoms with van der Waals surface area (Å²) in [6.07, 6.45) is 25.4. The average Bonchev–Trinajstić information content (AvgIpc) is 1.82. The second-order valence-corrected chi connectivity index (χ2v) is 25.5. The molecular weight excluding hydrogens is 1120 g/mol. The number of halogens is 2. The fourth-order valence-electron chi connectivity index (χ4n) is 14.8. The number of carbonyl (C=O) groups excluding carboxylic acids is 5. The first-order valence-corrected chi connectivity index (χ1v) is 30.8. The SMILES string of the molecule is C#Cc1c(F)ccc2cccc(-c3ncc4c(N5CC6CCC(C5)N6C(=O)OC(C)(C)C)nc(OC)nc4c3F)c12.CN1C(=O)N(C2CCC(=O)NC2=O)C2=CC=CC(CCCN3CCOC4(CCN(C=O)CC4)C3)C21.COCC1CCC2CCCN21. The number of allylic oxidation sites excluding steroid dienone is 2. The van der Waals surface area contributed by atoms with Gasteiger partial charge in [-0.2, -0.15) is 9.97 Å². The van der Waals surface area contributed by atoms with E-state index < -0.39 is 29.2 Å². The molecule has 9 aliphatic rings. The molecule has 13 rings (SSSR count). The van der Waals surface area contributed by atoms with E-state index in [4.69, 9.17) is 25.4 Å². The Morgan fingerprint density at radius 1 is 0.966 bits per heavy atom. The Hall–Kier alpha value is -7.32. The number of hydrogen-bond acceptors (Lipinski definition) is 15. The van der Waals surface area contributed by atoms with Gasteiger partial charge in [-0.1, -0.05) is 42.3 Å². The Morgan fingerprint density at radius 2 is 1.74 bits per heavy atom. The van der Waals surface area contributed by atoms with E-state index in [9.17, 15) is 28.4 Å². The zero-order valence-electron chi connectivity index (χ0n) is 50.9. The van der Waals surface area contributed by atoms with Crippen LogP contribution in [0.5, 0.6) is 6.01 Å². The summed E-state index contributed by atoms with van der Waals surface area (Å²) in [7, 11) is 5.03. The number of nitrogens with one attached hydrogen (secondary N) is 1. The average molecular weight is 1200 g/mol. The van der Waals surface area contributed by atoms with Crippen molar-refractivity contribution in [2.45, 2.75) is 145 Å². The standard InChI is InChI=1S/C31H29F2N5O3.C25H35N5O5.C9H17NO/c1-6-20-23(32)13-10-17-8-7-9-21(24(17)20)26-25(33)27-22(14-34-26)28(36-29(35-27)40-5)37-15-18-11-12-19(16-37)38(18)30(39)41-31(2,3)4;1-27-22-18(4-2-6-19(22)30(24(27)34)20-7-8-21(32)26-23(20)33)5-3-11-28-14-15-35-25(16-28)9-12-29(17-31)13-10-25;1-11-7-9-5-4-8-3-2-6-10(8)9/h1,7-10,13-14,18-19H,11-12,15-16H2,2-5H3;2,4,6,17-18,20,22H,3,5,7-16H2,1H3,(H,26,32,33);8-9H,2-7H2,1H3. The molecule has 8 fully saturated rings. The van der Waals surface area contributed by atoms with E-state index in [1.54, 1.807) is 41.1 Å². The van der Waals surface area contributed by atoms with Crippen molar-refractivity contribution in [2.24, 2.45) is 5.92 Å². The topological polar surface area (TPSA) is 196 Å². The normalized spacial score (nSPS) is 26.0. The van der Waals surface area contributed by atoms with E-state index in [0.717, 1.165) is 109 Å². The molecule has 464 valence electrons. The molecule has 1 aliphatic carbocycles. The van der Waals surface area contributed by atoms with E-state index >= 15 is 4.39 Å². The van der Waals surface area contributed by atoms with Gasteiger partial charge in [0.15, 0.2) is 5.82 Å². The molecule has 2 aromatic carbocycles. The first kappa shape index (κ1) is 61.3. The number of anilines is 1. The van der Waals surface area contributed by atoms with Gasteiger partial charge in [-0.05, 0) is 122 Å². The molecule has 0 saturated carbocycles. The second-order valence-electron chi connectivity index (χ2n) is 25.5. The molecule has 87 heavy (non-hydrogen) atoms. The van der Waals surface area contributed by atoms with E-state index in [-0.39, 0.29) is 76.9 Å². The van der Waals surface area contributed by atoms with Crippen molar-refractivity contribution < 1.29 is 51.7 Å². The van der Waals surface area contributed by atoms with Crippen LogP contribution in [0.2, 0.25) is 0 Å². The zero-order chi connectivity index (χ0) is 61.3. The molecule has 20 nitrogen and oxygen atoms in total. The highest BCUT2D eigenvalue weighted by atomic mass is 19.1. The lowest BCUT2D eigenvalue weighted by Gasteiger charge is -2.46. The number of imide groups is 1. The molecule has 0 radical (unpaired) electrons. The summed E-state index contributed by atoms with van der Waals surface area (Å²) < 4.78 is 53.4. The monoisotopic (exact) mass is 1200 g/mol. The summed E-state index contributed by atoms with van der Waals surface area (Å²) in [5.41, 5.74) is 0.532. The van der Waals surface area contributed by atoms with Crippen molar-refractivity contribution in [1.29, 1.82) is 0 Å². The maximum Gasteiger partial charge on any atom is 0.410 e. The molecule has 2 aromatic heterocycles. The van der Waals surface area contributed by atoms with Gasteiger partial charge in [-0.25, -0.2) is 18.4 Å². The summed E-state index contributed by atoms with van der Waals surface area (Å²) in [6.45, 7) is 13.8. The third kappa shape index (κ3) is 12.6. The summed E-state index contributed by atoms with van der Waals surface area (Å²) in [5, 5.41) is 3.85. The van der Waals surface area contributed by atoms with Crippen molar-refractivity contribution in [3.8, 4) is 29.6 Å². The Balaban J connectivity index is 0.000000154. The number of piperazine rings is 1. The zero-order valence-corrected chi connectivity index (χ0v) is 50.9. The summed E-state index contributed by atoms with van der Waals surface area (Å²) in [5.74, 6) is 1.11. The van der Waals surface area contributed by atoms with Crippen LogP contribution in [0.4, 0.5) is 24.2 Å². The largest absolute Gasteiger partial charge is 0.467 e. The number of methoxy groups -OCH3 is 2. The predicted molar refractivity (Wildman–Crippen MR) is 323 cm³/mol. The number of pyridine rings is 1. The number of rotatable bonds is 11. The molecule has 4 aromatic rings. The highest BCUT2D eigenvalue weighted by Crippen LogP contribution is 2.42. The molecule has 8 aliphatic heterocycles. The number of urea groups is 1. The smallest absolute Gasteiger partial charge is 0.410 e. The summed E-state index contributed by atoms with van der Waals surface area (Å²) in [6, 6.07) is 8.67. The Morgan fingerprint density at radius 3 is 2.45 bits per heavy atom. The fourth-order valence-corrected chi connectivity index (χ4v) is 14.8. The third-order valence-electron chi connectivity index (χ3n) is 18.9. The molecule has 8 saturated heterocycles. The molecule has 6 amide bonds. The molecule has 1 spiro atoms. The van der Waals surface area contributed by atoms with Crippen LogP contribution in [-0.2, 0) is 28.6 Å². The molecule has 1 N–H and O–H groups in total. The van der Waals surface area contributed by atoms with Crippen molar-refractivity contribution in [3.63, 3.8) is 0 Å². The van der Waals surface area contributed by atoms with Crippen molar-refractivity contribution in [2.75, 3.05) is 91.7 Å². The number of hydrogen-bond donors (Lipinski definition) is 1. The van der Waals surface area contributed by atoms with Crippen LogP contribution in [0.25, 0.3) is 32.9 Å². The molecule has 10 heterocycles. The Bertz CT molecular complexity index is 3360. The molecule has 7 atom stereocenters. The third-order valence-corrected chi connectivity index (χ3v) is 18.9. The molecule has 7 unspecified atom stereocenters. The Labute approximate surface area is 507 Å². The fraction of sp³-hybridized carbons (Fsp3) is 0.569. The van der Waals surface area contributed by atoms with E-state index in [2.05, 4.69) is 42.1 Å². The number of likely N-dealkylation sites (tertiary alicyclic amines) is 1. The van der Waals surface area contributed by atoms with Crippen molar-refractivity contribution >= 4 is 57.8 Å². The van der Waals surface area contributed by atoms with Gasteiger partial charge in [-0.3, -0.25) is 44.3 Å². The van der Waals surface area contributed by atoms with Crippen molar-refractivity contribution in [3.05, 3.63) is 77.7 Å². The second kappa shape index (κ2) is 25.8. The maximum atomic E-state index is 16.3. The van der Waals surface area contributed by atoms with Gasteiger partial charge in [0.1, 0.15) is 34.5 Å². The number of nitrogens with zero attached hydrogens (tertiary/aromatic N) is 10. The quantitative estimate of drug-likeness (QED) is 0.0873. The number of morpholine rings is 1. The Kier molecular flexibility index (Phi) is 18.2. The van der Waals surface area contributed by atoms with Gasteiger partial charge in [0, 0.05) is 101 Å². The summed E-state index contributed by atoms with van der Waals surface area (Å²) in [4.78, 5) is 88.8. The van der Waals surface area contributed by atoms with Gasteiger partial charge in [0.05, 0.1) is 55.0 Å². The van der Waals surface area contributed by atoms with Gasteiger partial charge in [0.2, 0.25) is 18.2 Å². The van der Waals surface area contributed by atoms with Gasteiger partial charge in [0.25, 0.3) is 0 Å². The number of aromatic nitrogens is 3. The number of benzene rings is 2. The van der Waals surface area contributed by atoms with Crippen LogP contribution in [0.3, 0.4) is 0 Å². The minimum absolute atomic E-state index is 0.00116. The number of ether oxygens (including phenoxy) is 4. The molecular formula is C65H81F2N11O9. The lowest BCUT2D eigenvalue weighted by atomic mass is 9.87. The first-order valence-electron chi connectivity index (χ1n) is 30.8. The number of piperidine rings is 2. The highest BCUT2D eigenvalue weighted by Gasteiger charge is 2.50. The van der Waals surface area contributed by atoms with Crippen LogP contribution in [0.15, 0.2) is 60.5 Å². The van der Waals surface area contributed by atoms with E-state index in [1.807, 2.05) is 54.7 Å².